The van der Waals surface area contributed by atoms with Crippen molar-refractivity contribution in [2.75, 3.05) is 0 Å². The number of benzene rings is 3. The SMILES string of the molecule is O=Cc1cc2ccc(-c3cc(O)c4ccccc4c3C=O)cc2s1. The lowest BCUT2D eigenvalue weighted by Crippen LogP contribution is -1.90. The van der Waals surface area contributed by atoms with Gasteiger partial charge in [-0.05, 0) is 40.1 Å². The minimum atomic E-state index is 0.144. The number of aldehydes is 2. The fourth-order valence-corrected chi connectivity index (χ4v) is 3.94. The van der Waals surface area contributed by atoms with Crippen LogP contribution < -0.4 is 0 Å². The Bertz CT molecular complexity index is 1110. The molecule has 3 nitrogen and oxygen atoms in total. The van der Waals surface area contributed by atoms with Gasteiger partial charge in [0.2, 0.25) is 0 Å². The van der Waals surface area contributed by atoms with Crippen molar-refractivity contribution in [3.05, 3.63) is 65.0 Å². The molecule has 1 N–H and O–H groups in total. The van der Waals surface area contributed by atoms with Gasteiger partial charge in [-0.25, -0.2) is 0 Å². The highest BCUT2D eigenvalue weighted by atomic mass is 32.1. The van der Waals surface area contributed by atoms with Crippen LogP contribution in [0.5, 0.6) is 5.75 Å². The minimum absolute atomic E-state index is 0.144. The second-order valence-electron chi connectivity index (χ2n) is 5.54. The maximum absolute atomic E-state index is 11.7. The number of thiophene rings is 1. The van der Waals surface area contributed by atoms with Crippen LogP contribution in [0.2, 0.25) is 0 Å². The average Bonchev–Trinajstić information content (AvgIpc) is 3.04. The molecule has 0 radical (unpaired) electrons. The fourth-order valence-electron chi connectivity index (χ4n) is 3.02. The van der Waals surface area contributed by atoms with Crippen LogP contribution in [-0.4, -0.2) is 17.7 Å². The summed E-state index contributed by atoms with van der Waals surface area (Å²) in [6, 6.07) is 16.5. The van der Waals surface area contributed by atoms with Crippen molar-refractivity contribution < 1.29 is 14.7 Å². The van der Waals surface area contributed by atoms with Crippen LogP contribution in [0.15, 0.2) is 54.6 Å². The molecule has 4 rings (SSSR count). The number of rotatable bonds is 3. The summed E-state index contributed by atoms with van der Waals surface area (Å²) in [5, 5.41) is 12.7. The van der Waals surface area contributed by atoms with Crippen molar-refractivity contribution in [3.63, 3.8) is 0 Å². The molecule has 0 fully saturated rings. The van der Waals surface area contributed by atoms with Crippen LogP contribution in [0.1, 0.15) is 20.0 Å². The first-order chi connectivity index (χ1) is 11.7. The standard InChI is InChI=1S/C20H12O3S/c21-10-14-7-13-6-5-12(8-20(13)24-14)17-9-19(23)16-4-2-1-3-15(16)18(17)11-22/h1-11,23H. The molecule has 0 saturated carbocycles. The molecule has 0 bridgehead atoms. The number of hydrogen-bond donors (Lipinski definition) is 1. The summed E-state index contributed by atoms with van der Waals surface area (Å²) in [5.74, 6) is 0.144. The van der Waals surface area contributed by atoms with Crippen molar-refractivity contribution in [1.82, 2.24) is 0 Å². The maximum atomic E-state index is 11.7. The first-order valence-electron chi connectivity index (χ1n) is 7.40. The van der Waals surface area contributed by atoms with Crippen molar-refractivity contribution >= 4 is 44.8 Å². The zero-order valence-electron chi connectivity index (χ0n) is 12.5. The van der Waals surface area contributed by atoms with E-state index in [0.29, 0.717) is 21.4 Å². The van der Waals surface area contributed by atoms with Gasteiger partial charge in [0.1, 0.15) is 5.75 Å². The molecule has 4 heteroatoms. The number of phenolic OH excluding ortho intramolecular Hbond substituents is 1. The van der Waals surface area contributed by atoms with Gasteiger partial charge in [0.15, 0.2) is 12.6 Å². The third-order valence-electron chi connectivity index (χ3n) is 4.15. The van der Waals surface area contributed by atoms with Gasteiger partial charge in [0.25, 0.3) is 0 Å². The van der Waals surface area contributed by atoms with Crippen LogP contribution in [0.3, 0.4) is 0 Å². The molecule has 0 aliphatic rings. The van der Waals surface area contributed by atoms with Gasteiger partial charge < -0.3 is 5.11 Å². The number of aromatic hydroxyl groups is 1. The van der Waals surface area contributed by atoms with E-state index in [9.17, 15) is 14.7 Å². The third-order valence-corrected chi connectivity index (χ3v) is 5.17. The molecule has 3 aromatic carbocycles. The van der Waals surface area contributed by atoms with E-state index in [-0.39, 0.29) is 5.75 Å². The molecule has 116 valence electrons. The molecule has 0 amide bonds. The Hall–Kier alpha value is -2.98. The molecule has 0 atom stereocenters. The summed E-state index contributed by atoms with van der Waals surface area (Å²) in [6.07, 6.45) is 1.66. The number of carbonyl (C=O) groups excluding carboxylic acids is 2. The number of fused-ring (bicyclic) bond motifs is 2. The number of hydrogen-bond acceptors (Lipinski definition) is 4. The second-order valence-corrected chi connectivity index (χ2v) is 6.65. The van der Waals surface area contributed by atoms with Gasteiger partial charge in [-0.2, -0.15) is 0 Å². The van der Waals surface area contributed by atoms with Crippen molar-refractivity contribution in [2.45, 2.75) is 0 Å². The molecule has 1 aromatic heterocycles. The van der Waals surface area contributed by atoms with E-state index in [1.165, 1.54) is 11.3 Å². The van der Waals surface area contributed by atoms with E-state index in [2.05, 4.69) is 0 Å². The lowest BCUT2D eigenvalue weighted by Gasteiger charge is -2.11. The first kappa shape index (κ1) is 14.6. The monoisotopic (exact) mass is 332 g/mol. The molecule has 1 heterocycles. The topological polar surface area (TPSA) is 54.4 Å². The van der Waals surface area contributed by atoms with Gasteiger partial charge in [-0.1, -0.05) is 36.4 Å². The van der Waals surface area contributed by atoms with Gasteiger partial charge in [0.05, 0.1) is 4.88 Å². The molecule has 24 heavy (non-hydrogen) atoms. The van der Waals surface area contributed by atoms with Crippen LogP contribution in [0.4, 0.5) is 0 Å². The summed E-state index contributed by atoms with van der Waals surface area (Å²) < 4.78 is 0.971. The largest absolute Gasteiger partial charge is 0.507 e. The lowest BCUT2D eigenvalue weighted by molar-refractivity contribution is 0.111. The lowest BCUT2D eigenvalue weighted by atomic mass is 9.94. The Morgan fingerprint density at radius 3 is 2.42 bits per heavy atom. The van der Waals surface area contributed by atoms with E-state index in [1.807, 2.05) is 42.5 Å². The zero-order valence-corrected chi connectivity index (χ0v) is 13.3. The molecule has 0 saturated heterocycles. The Labute approximate surface area is 141 Å². The Balaban J connectivity index is 2.01. The highest BCUT2D eigenvalue weighted by Crippen LogP contribution is 2.37. The average molecular weight is 332 g/mol. The fraction of sp³-hybridized carbons (Fsp3) is 0. The highest BCUT2D eigenvalue weighted by Gasteiger charge is 2.13. The van der Waals surface area contributed by atoms with E-state index in [1.54, 1.807) is 12.1 Å². The normalized spacial score (nSPS) is 11.0. The molecule has 0 spiro atoms. The van der Waals surface area contributed by atoms with Gasteiger partial charge in [-0.15, -0.1) is 11.3 Å². The van der Waals surface area contributed by atoms with E-state index in [0.717, 1.165) is 33.6 Å². The Kier molecular flexibility index (Phi) is 3.40. The summed E-state index contributed by atoms with van der Waals surface area (Å²) in [5.41, 5.74) is 2.07. The van der Waals surface area contributed by atoms with Crippen LogP contribution in [0, 0.1) is 0 Å². The molecule has 0 aliphatic carbocycles. The van der Waals surface area contributed by atoms with Crippen molar-refractivity contribution in [3.8, 4) is 16.9 Å². The smallest absolute Gasteiger partial charge is 0.160 e. The van der Waals surface area contributed by atoms with Gasteiger partial charge in [0, 0.05) is 15.6 Å². The van der Waals surface area contributed by atoms with Crippen LogP contribution in [0.25, 0.3) is 32.0 Å². The number of phenols is 1. The van der Waals surface area contributed by atoms with Crippen LogP contribution >= 0.6 is 11.3 Å². The summed E-state index contributed by atoms with van der Waals surface area (Å²) in [4.78, 5) is 23.3. The first-order valence-corrected chi connectivity index (χ1v) is 8.22. The summed E-state index contributed by atoms with van der Waals surface area (Å²) in [6.45, 7) is 0. The molecular weight excluding hydrogens is 320 g/mol. The van der Waals surface area contributed by atoms with Gasteiger partial charge >= 0.3 is 0 Å². The maximum Gasteiger partial charge on any atom is 0.160 e. The molecule has 4 aromatic rings. The zero-order chi connectivity index (χ0) is 16.7. The predicted molar refractivity (Wildman–Crippen MR) is 97.2 cm³/mol. The van der Waals surface area contributed by atoms with Crippen molar-refractivity contribution in [1.29, 1.82) is 0 Å². The Morgan fingerprint density at radius 2 is 1.67 bits per heavy atom. The highest BCUT2D eigenvalue weighted by molar-refractivity contribution is 7.20. The van der Waals surface area contributed by atoms with E-state index < -0.39 is 0 Å². The summed E-state index contributed by atoms with van der Waals surface area (Å²) >= 11 is 1.41. The Morgan fingerprint density at radius 1 is 0.875 bits per heavy atom. The second kappa shape index (κ2) is 5.58. The quantitative estimate of drug-likeness (QED) is 0.534. The molecular formula is C20H12O3S. The molecule has 0 aliphatic heterocycles. The number of carbonyl (C=O) groups is 2. The van der Waals surface area contributed by atoms with Gasteiger partial charge in [-0.3, -0.25) is 9.59 Å². The molecule has 0 unspecified atom stereocenters. The van der Waals surface area contributed by atoms with Crippen molar-refractivity contribution in [2.24, 2.45) is 0 Å². The van der Waals surface area contributed by atoms with Crippen LogP contribution in [-0.2, 0) is 0 Å². The minimum Gasteiger partial charge on any atom is -0.507 e. The summed E-state index contributed by atoms with van der Waals surface area (Å²) in [7, 11) is 0. The van der Waals surface area contributed by atoms with E-state index >= 15 is 0 Å². The predicted octanol–water partition coefficient (Wildman–Crippen LogP) is 5.05. The van der Waals surface area contributed by atoms with E-state index in [4.69, 9.17) is 0 Å². The third kappa shape index (κ3) is 2.20.